The van der Waals surface area contributed by atoms with Crippen molar-refractivity contribution in [3.63, 3.8) is 0 Å². The van der Waals surface area contributed by atoms with Crippen molar-refractivity contribution in [1.82, 2.24) is 5.32 Å². The number of primary sulfonamides is 1. The number of nitrogens with two attached hydrogens (primary N) is 1. The number of sulfonamides is 1. The van der Waals surface area contributed by atoms with Crippen LogP contribution in [0.4, 0.5) is 16.2 Å². The number of hydrogen-bond acceptors (Lipinski definition) is 4. The highest BCUT2D eigenvalue weighted by atomic mass is 32.2. The van der Waals surface area contributed by atoms with Gasteiger partial charge in [-0.1, -0.05) is 43.5 Å². The van der Waals surface area contributed by atoms with Crippen molar-refractivity contribution in [3.05, 3.63) is 59.7 Å². The van der Waals surface area contributed by atoms with Crippen LogP contribution < -0.4 is 20.3 Å². The summed E-state index contributed by atoms with van der Waals surface area (Å²) in [5.74, 6) is 0.522. The molecular weight excluding hydrogens is 424 g/mol. The molecule has 0 bridgehead atoms. The Morgan fingerprint density at radius 1 is 0.938 bits per heavy atom. The van der Waals surface area contributed by atoms with Gasteiger partial charge in [-0.05, 0) is 54.2 Å². The molecule has 0 unspecified atom stereocenters. The van der Waals surface area contributed by atoms with E-state index in [0.29, 0.717) is 32.1 Å². The maximum Gasteiger partial charge on any atom is 0.329 e. The van der Waals surface area contributed by atoms with Crippen molar-refractivity contribution in [1.29, 1.82) is 0 Å². The van der Waals surface area contributed by atoms with E-state index in [4.69, 9.17) is 5.14 Å². The predicted molar refractivity (Wildman–Crippen MR) is 128 cm³/mol. The third kappa shape index (κ3) is 5.68. The Labute approximate surface area is 190 Å². The Morgan fingerprint density at radius 3 is 2.31 bits per heavy atom. The van der Waals surface area contributed by atoms with Crippen molar-refractivity contribution in [2.45, 2.75) is 44.6 Å². The fraction of sp³-hybridized carbons (Fsp3) is 0.458. The van der Waals surface area contributed by atoms with Gasteiger partial charge in [0.25, 0.3) is 0 Å². The predicted octanol–water partition coefficient (Wildman–Crippen LogP) is 3.56. The summed E-state index contributed by atoms with van der Waals surface area (Å²) >= 11 is 0. The van der Waals surface area contributed by atoms with Gasteiger partial charge in [0.1, 0.15) is 0 Å². The van der Waals surface area contributed by atoms with Gasteiger partial charge >= 0.3 is 6.03 Å². The van der Waals surface area contributed by atoms with Crippen LogP contribution in [0.15, 0.2) is 48.5 Å². The number of hydrogen-bond donors (Lipinski definition) is 2. The first-order chi connectivity index (χ1) is 15.4. The molecule has 32 heavy (non-hydrogen) atoms. The Morgan fingerprint density at radius 2 is 1.62 bits per heavy atom. The van der Waals surface area contributed by atoms with Crippen LogP contribution in [0.1, 0.15) is 49.1 Å². The zero-order valence-corrected chi connectivity index (χ0v) is 19.2. The summed E-state index contributed by atoms with van der Waals surface area (Å²) < 4.78 is 22.0. The second-order valence-electron chi connectivity index (χ2n) is 8.73. The van der Waals surface area contributed by atoms with Gasteiger partial charge < -0.3 is 5.32 Å². The lowest BCUT2D eigenvalue weighted by atomic mass is 9.84. The first-order valence-electron chi connectivity index (χ1n) is 11.4. The number of carbonyl (C=O) groups excluding carboxylic acids is 1. The normalized spacial score (nSPS) is 17.8. The van der Waals surface area contributed by atoms with Gasteiger partial charge in [-0.3, -0.25) is 9.80 Å². The minimum Gasteiger partial charge on any atom is -0.312 e. The molecule has 1 saturated carbocycles. The monoisotopic (exact) mass is 456 g/mol. The molecule has 4 rings (SSSR count). The van der Waals surface area contributed by atoms with E-state index < -0.39 is 10.0 Å². The SMILES string of the molecule is NS(=O)(=O)CCNCc1ccc(N2CCN(c3cccc(C4CCCCC4)c3)C2=O)cc1. The molecule has 2 fully saturated rings. The maximum atomic E-state index is 13.2. The van der Waals surface area contributed by atoms with Gasteiger partial charge in [-0.25, -0.2) is 18.4 Å². The van der Waals surface area contributed by atoms with Crippen LogP contribution in [0.3, 0.4) is 0 Å². The Balaban J connectivity index is 1.37. The second kappa shape index (κ2) is 10.0. The quantitative estimate of drug-likeness (QED) is 0.594. The van der Waals surface area contributed by atoms with Crippen LogP contribution in [0.5, 0.6) is 0 Å². The highest BCUT2D eigenvalue weighted by Gasteiger charge is 2.31. The van der Waals surface area contributed by atoms with Crippen LogP contribution in [-0.2, 0) is 16.6 Å². The lowest BCUT2D eigenvalue weighted by Gasteiger charge is -2.24. The topological polar surface area (TPSA) is 95.7 Å². The Hall–Kier alpha value is -2.42. The van der Waals surface area contributed by atoms with Crippen LogP contribution in [0, 0.1) is 0 Å². The molecule has 172 valence electrons. The highest BCUT2D eigenvalue weighted by molar-refractivity contribution is 7.89. The molecular formula is C24H32N4O3S. The zero-order valence-electron chi connectivity index (χ0n) is 18.4. The first-order valence-corrected chi connectivity index (χ1v) is 13.1. The van der Waals surface area contributed by atoms with E-state index in [1.54, 1.807) is 0 Å². The lowest BCUT2D eigenvalue weighted by Crippen LogP contribution is -2.31. The van der Waals surface area contributed by atoms with Gasteiger partial charge in [0.05, 0.1) is 5.75 Å². The maximum absolute atomic E-state index is 13.2. The fourth-order valence-electron chi connectivity index (χ4n) is 4.64. The molecule has 2 aromatic carbocycles. The van der Waals surface area contributed by atoms with Gasteiger partial charge in [0, 0.05) is 37.6 Å². The van der Waals surface area contributed by atoms with E-state index in [9.17, 15) is 13.2 Å². The van der Waals surface area contributed by atoms with Crippen molar-refractivity contribution in [2.24, 2.45) is 5.14 Å². The van der Waals surface area contributed by atoms with Gasteiger partial charge in [0.15, 0.2) is 0 Å². The molecule has 2 amide bonds. The van der Waals surface area contributed by atoms with Crippen molar-refractivity contribution >= 4 is 27.4 Å². The molecule has 3 N–H and O–H groups in total. The number of anilines is 2. The van der Waals surface area contributed by atoms with Gasteiger partial charge in [0.2, 0.25) is 10.0 Å². The average Bonchev–Trinajstić information content (AvgIpc) is 3.18. The third-order valence-corrected chi connectivity index (χ3v) is 7.18. The van der Waals surface area contributed by atoms with E-state index in [-0.39, 0.29) is 11.8 Å². The van der Waals surface area contributed by atoms with E-state index >= 15 is 0 Å². The molecule has 1 aliphatic heterocycles. The first kappa shape index (κ1) is 22.8. The summed E-state index contributed by atoms with van der Waals surface area (Å²) in [5.41, 5.74) is 4.23. The average molecular weight is 457 g/mol. The van der Waals surface area contributed by atoms with E-state index in [0.717, 1.165) is 16.9 Å². The molecule has 8 heteroatoms. The van der Waals surface area contributed by atoms with Crippen molar-refractivity contribution < 1.29 is 13.2 Å². The molecule has 0 spiro atoms. The van der Waals surface area contributed by atoms with Crippen LogP contribution in [-0.4, -0.2) is 39.8 Å². The standard InChI is InChI=1S/C24H32N4O3S/c25-32(30,31)16-13-26-18-19-9-11-22(12-10-19)27-14-15-28(24(27)29)23-8-4-7-21(17-23)20-5-2-1-3-6-20/h4,7-12,17,20,26H,1-3,5-6,13-16,18H2,(H2,25,30,31). The Kier molecular flexibility index (Phi) is 7.13. The summed E-state index contributed by atoms with van der Waals surface area (Å²) in [4.78, 5) is 16.8. The number of rotatable bonds is 8. The van der Waals surface area contributed by atoms with Crippen molar-refractivity contribution in [3.8, 4) is 0 Å². The Bertz CT molecular complexity index is 1030. The molecule has 1 aliphatic carbocycles. The molecule has 2 aliphatic rings. The molecule has 0 atom stereocenters. The minimum atomic E-state index is -3.45. The van der Waals surface area contributed by atoms with Crippen molar-refractivity contribution in [2.75, 3.05) is 35.2 Å². The van der Waals surface area contributed by atoms with E-state index in [2.05, 4.69) is 23.5 Å². The number of nitrogens with zero attached hydrogens (tertiary/aromatic N) is 2. The molecule has 1 heterocycles. The molecule has 0 radical (unpaired) electrons. The molecule has 7 nitrogen and oxygen atoms in total. The lowest BCUT2D eigenvalue weighted by molar-refractivity contribution is 0.256. The number of urea groups is 1. The van der Waals surface area contributed by atoms with Crippen LogP contribution >= 0.6 is 0 Å². The summed E-state index contributed by atoms with van der Waals surface area (Å²) in [6, 6.07) is 16.3. The van der Waals surface area contributed by atoms with E-state index in [1.807, 2.05) is 40.1 Å². The second-order valence-corrected chi connectivity index (χ2v) is 10.5. The number of benzene rings is 2. The van der Waals surface area contributed by atoms with E-state index in [1.165, 1.54) is 37.7 Å². The fourth-order valence-corrected chi connectivity index (χ4v) is 5.07. The summed E-state index contributed by atoms with van der Waals surface area (Å²) in [7, 11) is -3.45. The summed E-state index contributed by atoms with van der Waals surface area (Å²) in [5, 5.41) is 8.08. The van der Waals surface area contributed by atoms with Crippen LogP contribution in [0.25, 0.3) is 0 Å². The molecule has 1 saturated heterocycles. The molecule has 2 aromatic rings. The zero-order chi connectivity index (χ0) is 22.6. The van der Waals surface area contributed by atoms with Gasteiger partial charge in [-0.2, -0.15) is 0 Å². The summed E-state index contributed by atoms with van der Waals surface area (Å²) in [6.45, 7) is 2.17. The number of amides is 2. The summed E-state index contributed by atoms with van der Waals surface area (Å²) in [6.07, 6.45) is 6.41. The van der Waals surface area contributed by atoms with Crippen LogP contribution in [0.2, 0.25) is 0 Å². The smallest absolute Gasteiger partial charge is 0.312 e. The number of carbonyl (C=O) groups is 1. The largest absolute Gasteiger partial charge is 0.329 e. The highest BCUT2D eigenvalue weighted by Crippen LogP contribution is 2.35. The third-order valence-electron chi connectivity index (χ3n) is 6.41. The number of nitrogens with one attached hydrogen (secondary N) is 1. The van der Waals surface area contributed by atoms with Gasteiger partial charge in [-0.15, -0.1) is 0 Å². The molecule has 0 aromatic heterocycles. The minimum absolute atomic E-state index is 0.00446.